The summed E-state index contributed by atoms with van der Waals surface area (Å²) in [5.41, 5.74) is -1.61. The molecule has 1 aromatic heterocycles. The van der Waals surface area contributed by atoms with E-state index in [1.807, 2.05) is 0 Å². The summed E-state index contributed by atoms with van der Waals surface area (Å²) in [6, 6.07) is 7.91. The second-order valence-corrected chi connectivity index (χ2v) is 5.77. The lowest BCUT2D eigenvalue weighted by atomic mass is 9.90. The fourth-order valence-corrected chi connectivity index (χ4v) is 2.54. The lowest BCUT2D eigenvalue weighted by Gasteiger charge is -2.26. The van der Waals surface area contributed by atoms with Gasteiger partial charge < -0.3 is 29.7 Å². The van der Waals surface area contributed by atoms with E-state index in [1.165, 1.54) is 33.6 Å². The summed E-state index contributed by atoms with van der Waals surface area (Å²) in [5, 5.41) is 21.9. The molecule has 0 aliphatic rings. The maximum atomic E-state index is 12.0. The van der Waals surface area contributed by atoms with Gasteiger partial charge in [0.15, 0.2) is 0 Å². The van der Waals surface area contributed by atoms with Crippen LogP contribution in [0.25, 0.3) is 0 Å². The van der Waals surface area contributed by atoms with Crippen LogP contribution in [0, 0.1) is 0 Å². The maximum Gasteiger partial charge on any atom is 0.341 e. The van der Waals surface area contributed by atoms with Crippen LogP contribution in [0.4, 0.5) is 5.95 Å². The number of benzene rings is 1. The van der Waals surface area contributed by atoms with E-state index in [2.05, 4.69) is 15.3 Å². The third kappa shape index (κ3) is 4.53. The molecule has 0 radical (unpaired) electrons. The number of aromatic nitrogens is 2. The summed E-state index contributed by atoms with van der Waals surface area (Å²) in [4.78, 5) is 31.9. The Morgan fingerprint density at radius 3 is 2.18 bits per heavy atom. The van der Waals surface area contributed by atoms with Crippen molar-refractivity contribution >= 4 is 17.9 Å². The first-order valence-electron chi connectivity index (χ1n) is 8.12. The highest BCUT2D eigenvalue weighted by Crippen LogP contribution is 2.23. The van der Waals surface area contributed by atoms with Crippen molar-refractivity contribution < 1.29 is 34.0 Å². The van der Waals surface area contributed by atoms with Gasteiger partial charge in [-0.05, 0) is 23.8 Å². The van der Waals surface area contributed by atoms with Crippen molar-refractivity contribution in [1.29, 1.82) is 0 Å². The van der Waals surface area contributed by atoms with E-state index < -0.39 is 23.8 Å². The van der Waals surface area contributed by atoms with Gasteiger partial charge >= 0.3 is 11.9 Å². The zero-order valence-corrected chi connectivity index (χ0v) is 15.6. The predicted octanol–water partition coefficient (Wildman–Crippen LogP) is 1.34. The van der Waals surface area contributed by atoms with Gasteiger partial charge in [0.2, 0.25) is 17.8 Å². The lowest BCUT2D eigenvalue weighted by molar-refractivity contribution is -0.155. The number of carboxylic acid groups (broad SMARTS) is 2. The normalized spacial score (nSPS) is 11.3. The summed E-state index contributed by atoms with van der Waals surface area (Å²) in [7, 11) is 4.31. The smallest absolute Gasteiger partial charge is 0.341 e. The first kappa shape index (κ1) is 21.1. The molecule has 0 spiro atoms. The van der Waals surface area contributed by atoms with Crippen LogP contribution in [0.2, 0.25) is 0 Å². The Balaban J connectivity index is 2.39. The van der Waals surface area contributed by atoms with Crippen LogP contribution in [0.5, 0.6) is 5.75 Å². The van der Waals surface area contributed by atoms with E-state index in [9.17, 15) is 19.8 Å². The van der Waals surface area contributed by atoms with Crippen LogP contribution < -0.4 is 10.1 Å². The number of carboxylic acids is 2. The van der Waals surface area contributed by atoms with Gasteiger partial charge in [-0.15, -0.1) is 0 Å². The van der Waals surface area contributed by atoms with Crippen molar-refractivity contribution in [2.24, 2.45) is 0 Å². The van der Waals surface area contributed by atoms with E-state index >= 15 is 0 Å². The Kier molecular flexibility index (Phi) is 6.85. The molecular weight excluding hydrogens is 370 g/mol. The molecule has 2 rings (SSSR count). The topological polar surface area (TPSA) is 140 Å². The fourth-order valence-electron chi connectivity index (χ4n) is 2.54. The molecule has 0 saturated carbocycles. The van der Waals surface area contributed by atoms with Crippen molar-refractivity contribution in [3.05, 3.63) is 47.8 Å². The number of carbonyl (C=O) groups is 2. The molecule has 1 heterocycles. The van der Waals surface area contributed by atoms with Gasteiger partial charge in [-0.3, -0.25) is 0 Å². The Bertz CT molecular complexity index is 808. The Morgan fingerprint density at radius 2 is 1.68 bits per heavy atom. The van der Waals surface area contributed by atoms with Crippen LogP contribution in [-0.2, 0) is 25.5 Å². The quantitative estimate of drug-likeness (QED) is 0.401. The molecule has 0 fully saturated rings. The molecule has 0 amide bonds. The van der Waals surface area contributed by atoms with Gasteiger partial charge in [-0.2, -0.15) is 0 Å². The van der Waals surface area contributed by atoms with Crippen molar-refractivity contribution in [3.63, 3.8) is 0 Å². The Morgan fingerprint density at radius 1 is 1.07 bits per heavy atom. The molecule has 0 unspecified atom stereocenters. The number of aliphatic carboxylic acids is 2. The molecule has 0 aliphatic heterocycles. The zero-order valence-electron chi connectivity index (χ0n) is 15.6. The number of nitrogens with one attached hydrogen (secondary N) is 1. The Labute approximate surface area is 161 Å². The average Bonchev–Trinajstić information content (AvgIpc) is 2.69. The molecule has 28 heavy (non-hydrogen) atoms. The molecule has 0 saturated heterocycles. The number of hydrogen-bond acceptors (Lipinski definition) is 8. The predicted molar refractivity (Wildman–Crippen MR) is 97.1 cm³/mol. The largest absolute Gasteiger partial charge is 0.497 e. The van der Waals surface area contributed by atoms with Gasteiger partial charge in [0.1, 0.15) is 11.4 Å². The molecule has 150 valence electrons. The third-order valence-electron chi connectivity index (χ3n) is 4.03. The van der Waals surface area contributed by atoms with Gasteiger partial charge in [0.05, 0.1) is 7.11 Å². The number of nitrogens with zero attached hydrogens (tertiary/aromatic N) is 2. The lowest BCUT2D eigenvalue weighted by Crippen LogP contribution is -2.55. The number of methoxy groups -OCH3 is 3. The van der Waals surface area contributed by atoms with Crippen LogP contribution in [0.15, 0.2) is 36.5 Å². The van der Waals surface area contributed by atoms with Gasteiger partial charge in [-0.1, -0.05) is 12.1 Å². The molecule has 2 aromatic rings. The minimum atomic E-state index is -2.39. The molecule has 10 heteroatoms. The monoisotopic (exact) mass is 391 g/mol. The van der Waals surface area contributed by atoms with Crippen LogP contribution in [0.3, 0.4) is 0 Å². The second kappa shape index (κ2) is 9.11. The zero-order chi connectivity index (χ0) is 20.7. The molecule has 0 bridgehead atoms. The number of rotatable bonds is 10. The molecule has 0 atom stereocenters. The van der Waals surface area contributed by atoms with Gasteiger partial charge in [0, 0.05) is 26.8 Å². The van der Waals surface area contributed by atoms with Crippen molar-refractivity contribution in [1.82, 2.24) is 9.97 Å². The van der Waals surface area contributed by atoms with Crippen molar-refractivity contribution in [2.45, 2.75) is 18.2 Å². The number of hydrogen-bond donors (Lipinski definition) is 3. The fraction of sp³-hybridized carbons (Fsp3) is 0.333. The minimum absolute atomic E-state index is 0.185. The highest BCUT2D eigenvalue weighted by atomic mass is 16.7. The van der Waals surface area contributed by atoms with Crippen LogP contribution in [-0.4, -0.2) is 59.0 Å². The van der Waals surface area contributed by atoms with E-state index in [0.29, 0.717) is 17.0 Å². The van der Waals surface area contributed by atoms with Crippen molar-refractivity contribution in [3.8, 4) is 5.75 Å². The molecule has 3 N–H and O–H groups in total. The standard InChI is InChI=1S/C18H21N3O7/c1-26-12-6-4-11(5-7-12)10-18(15(22)23,16(24)25)21-17-19-9-8-13(20-17)14(27-2)28-3/h4-9,14H,10H2,1-3H3,(H,22,23)(H,24,25)(H,19,20,21). The van der Waals surface area contributed by atoms with Gasteiger partial charge in [0.25, 0.3) is 0 Å². The third-order valence-corrected chi connectivity index (χ3v) is 4.03. The van der Waals surface area contributed by atoms with E-state index in [0.717, 1.165) is 0 Å². The summed E-state index contributed by atoms with van der Waals surface area (Å²) < 4.78 is 15.3. The van der Waals surface area contributed by atoms with Crippen LogP contribution in [0.1, 0.15) is 17.5 Å². The first-order chi connectivity index (χ1) is 13.4. The van der Waals surface area contributed by atoms with Crippen LogP contribution >= 0.6 is 0 Å². The summed E-state index contributed by atoms with van der Waals surface area (Å²) in [6.07, 6.45) is 0.180. The number of ether oxygens (including phenoxy) is 3. The average molecular weight is 391 g/mol. The summed E-state index contributed by atoms with van der Waals surface area (Å²) in [5.74, 6) is -2.79. The summed E-state index contributed by atoms with van der Waals surface area (Å²) in [6.45, 7) is 0. The maximum absolute atomic E-state index is 12.0. The Hall–Kier alpha value is -3.24. The SMILES string of the molecule is COc1ccc(CC(Nc2nccc(C(OC)OC)n2)(C(=O)O)C(=O)O)cc1. The minimum Gasteiger partial charge on any atom is -0.497 e. The number of anilines is 1. The molecule has 0 aliphatic carbocycles. The summed E-state index contributed by atoms with van der Waals surface area (Å²) >= 11 is 0. The molecule has 10 nitrogen and oxygen atoms in total. The molecular formula is C18H21N3O7. The highest BCUT2D eigenvalue weighted by Gasteiger charge is 2.47. The molecule has 1 aromatic carbocycles. The van der Waals surface area contributed by atoms with E-state index in [-0.39, 0.29) is 12.4 Å². The second-order valence-electron chi connectivity index (χ2n) is 5.77. The van der Waals surface area contributed by atoms with E-state index in [1.54, 1.807) is 24.3 Å². The highest BCUT2D eigenvalue weighted by molar-refractivity contribution is 6.06. The first-order valence-corrected chi connectivity index (χ1v) is 8.12. The van der Waals surface area contributed by atoms with Crippen molar-refractivity contribution in [2.75, 3.05) is 26.6 Å². The van der Waals surface area contributed by atoms with E-state index in [4.69, 9.17) is 14.2 Å². The van der Waals surface area contributed by atoms with Gasteiger partial charge in [-0.25, -0.2) is 19.6 Å².